The van der Waals surface area contributed by atoms with Crippen LogP contribution in [-0.4, -0.2) is 25.5 Å². The molecule has 0 aromatic rings. The van der Waals surface area contributed by atoms with Gasteiger partial charge in [-0.1, -0.05) is 26.7 Å². The van der Waals surface area contributed by atoms with Gasteiger partial charge in [-0.15, -0.1) is 0 Å². The summed E-state index contributed by atoms with van der Waals surface area (Å²) in [6.45, 7) is 6.07. The van der Waals surface area contributed by atoms with Gasteiger partial charge in [-0.25, -0.2) is 0 Å². The van der Waals surface area contributed by atoms with Gasteiger partial charge in [0, 0.05) is 6.54 Å². The average Bonchev–Trinajstić information content (AvgIpc) is 2.03. The summed E-state index contributed by atoms with van der Waals surface area (Å²) in [6, 6.07) is 0. The van der Waals surface area contributed by atoms with Crippen LogP contribution in [0.25, 0.3) is 0 Å². The molecule has 1 aliphatic carbocycles. The Morgan fingerprint density at radius 1 is 1.15 bits per heavy atom. The molecule has 1 fully saturated rings. The zero-order chi connectivity index (χ0) is 9.84. The Kier molecular flexibility index (Phi) is 4.24. The van der Waals surface area contributed by atoms with E-state index in [4.69, 9.17) is 0 Å². The first-order chi connectivity index (χ1) is 6.11. The van der Waals surface area contributed by atoms with Crippen molar-refractivity contribution < 1.29 is 0 Å². The van der Waals surface area contributed by atoms with E-state index in [1.165, 1.54) is 32.2 Å². The maximum Gasteiger partial charge on any atom is 0.000631 e. The highest BCUT2D eigenvalue weighted by Gasteiger charge is 2.27. The fraction of sp³-hybridized carbons (Fsp3) is 1.00. The maximum atomic E-state index is 2.39. The lowest BCUT2D eigenvalue weighted by Gasteiger charge is -2.35. The Bertz CT molecular complexity index is 140. The van der Waals surface area contributed by atoms with Crippen molar-refractivity contribution in [2.75, 3.05) is 20.6 Å². The van der Waals surface area contributed by atoms with E-state index in [0.29, 0.717) is 0 Å². The molecule has 2 atom stereocenters. The summed E-state index contributed by atoms with van der Waals surface area (Å²) < 4.78 is 0. The Morgan fingerprint density at radius 3 is 2.31 bits per heavy atom. The molecule has 0 amide bonds. The third-order valence-corrected chi connectivity index (χ3v) is 3.42. The zero-order valence-corrected chi connectivity index (χ0v) is 9.71. The second-order valence-corrected chi connectivity index (χ2v) is 5.21. The van der Waals surface area contributed by atoms with Crippen LogP contribution in [0.2, 0.25) is 0 Å². The Hall–Kier alpha value is -0.0400. The summed E-state index contributed by atoms with van der Waals surface area (Å²) in [5.41, 5.74) is 0. The van der Waals surface area contributed by atoms with Gasteiger partial charge in [-0.2, -0.15) is 0 Å². The Labute approximate surface area is 83.5 Å². The molecular weight excluding hydrogens is 158 g/mol. The summed E-state index contributed by atoms with van der Waals surface area (Å²) in [5.74, 6) is 2.82. The first-order valence-electron chi connectivity index (χ1n) is 5.76. The van der Waals surface area contributed by atoms with E-state index in [0.717, 1.165) is 17.8 Å². The van der Waals surface area contributed by atoms with Gasteiger partial charge in [0.15, 0.2) is 0 Å². The van der Waals surface area contributed by atoms with Crippen LogP contribution in [0.3, 0.4) is 0 Å². The van der Waals surface area contributed by atoms with E-state index < -0.39 is 0 Å². The zero-order valence-electron chi connectivity index (χ0n) is 9.71. The number of hydrogen-bond acceptors (Lipinski definition) is 1. The molecular formula is C12H25N. The predicted molar refractivity (Wildman–Crippen MR) is 58.8 cm³/mol. The summed E-state index contributed by atoms with van der Waals surface area (Å²) in [5, 5.41) is 0. The van der Waals surface area contributed by atoms with Crippen molar-refractivity contribution in [1.29, 1.82) is 0 Å². The predicted octanol–water partition coefficient (Wildman–Crippen LogP) is 3.01. The molecule has 0 saturated heterocycles. The third kappa shape index (κ3) is 3.30. The van der Waals surface area contributed by atoms with Crippen molar-refractivity contribution in [1.82, 2.24) is 4.90 Å². The van der Waals surface area contributed by atoms with Crippen molar-refractivity contribution in [3.8, 4) is 0 Å². The van der Waals surface area contributed by atoms with E-state index in [1.807, 2.05) is 0 Å². The summed E-state index contributed by atoms with van der Waals surface area (Å²) in [6.07, 6.45) is 5.85. The van der Waals surface area contributed by atoms with Gasteiger partial charge in [0.2, 0.25) is 0 Å². The standard InChI is InChI=1S/C12H25N/c1-10(2)12-8-6-5-7-11(12)9-13(3)4/h10-12H,5-9H2,1-4H3. The summed E-state index contributed by atoms with van der Waals surface area (Å²) in [4.78, 5) is 2.35. The minimum Gasteiger partial charge on any atom is -0.309 e. The Balaban J connectivity index is 2.46. The molecule has 1 nitrogen and oxygen atoms in total. The topological polar surface area (TPSA) is 3.24 Å². The number of hydrogen-bond donors (Lipinski definition) is 0. The van der Waals surface area contributed by atoms with Crippen molar-refractivity contribution in [2.45, 2.75) is 39.5 Å². The molecule has 0 aromatic carbocycles. The molecule has 0 N–H and O–H groups in total. The molecule has 1 saturated carbocycles. The van der Waals surface area contributed by atoms with Crippen molar-refractivity contribution >= 4 is 0 Å². The molecule has 1 aliphatic rings. The quantitative estimate of drug-likeness (QED) is 0.650. The number of rotatable bonds is 3. The monoisotopic (exact) mass is 183 g/mol. The molecule has 13 heavy (non-hydrogen) atoms. The van der Waals surface area contributed by atoms with Gasteiger partial charge >= 0.3 is 0 Å². The molecule has 0 aliphatic heterocycles. The van der Waals surface area contributed by atoms with E-state index in [2.05, 4.69) is 32.8 Å². The van der Waals surface area contributed by atoms with Crippen LogP contribution in [0.5, 0.6) is 0 Å². The fourth-order valence-electron chi connectivity index (χ4n) is 2.81. The number of nitrogens with zero attached hydrogens (tertiary/aromatic N) is 1. The molecule has 1 rings (SSSR count). The third-order valence-electron chi connectivity index (χ3n) is 3.42. The molecule has 0 heterocycles. The van der Waals surface area contributed by atoms with Crippen LogP contribution in [-0.2, 0) is 0 Å². The van der Waals surface area contributed by atoms with E-state index in [9.17, 15) is 0 Å². The molecule has 0 bridgehead atoms. The second kappa shape index (κ2) is 4.99. The van der Waals surface area contributed by atoms with Crippen LogP contribution >= 0.6 is 0 Å². The highest BCUT2D eigenvalue weighted by molar-refractivity contribution is 4.78. The molecule has 0 radical (unpaired) electrons. The summed E-state index contributed by atoms with van der Waals surface area (Å²) >= 11 is 0. The molecule has 0 spiro atoms. The second-order valence-electron chi connectivity index (χ2n) is 5.21. The van der Waals surface area contributed by atoms with Crippen LogP contribution in [0.4, 0.5) is 0 Å². The van der Waals surface area contributed by atoms with Gasteiger partial charge in [0.05, 0.1) is 0 Å². The maximum absolute atomic E-state index is 2.39. The fourth-order valence-corrected chi connectivity index (χ4v) is 2.81. The van der Waals surface area contributed by atoms with Crippen molar-refractivity contribution in [3.63, 3.8) is 0 Å². The highest BCUT2D eigenvalue weighted by Crippen LogP contribution is 2.35. The van der Waals surface area contributed by atoms with Crippen molar-refractivity contribution in [2.24, 2.45) is 17.8 Å². The van der Waals surface area contributed by atoms with Gasteiger partial charge in [-0.05, 0) is 44.7 Å². The average molecular weight is 183 g/mol. The van der Waals surface area contributed by atoms with Gasteiger partial charge in [-0.3, -0.25) is 0 Å². The largest absolute Gasteiger partial charge is 0.309 e. The first-order valence-corrected chi connectivity index (χ1v) is 5.76. The van der Waals surface area contributed by atoms with Crippen LogP contribution in [0, 0.1) is 17.8 Å². The van der Waals surface area contributed by atoms with Crippen LogP contribution in [0.1, 0.15) is 39.5 Å². The van der Waals surface area contributed by atoms with Crippen molar-refractivity contribution in [3.05, 3.63) is 0 Å². The minimum absolute atomic E-state index is 0.880. The van der Waals surface area contributed by atoms with Crippen LogP contribution in [0.15, 0.2) is 0 Å². The SMILES string of the molecule is CC(C)C1CCCCC1CN(C)C. The molecule has 78 valence electrons. The lowest BCUT2D eigenvalue weighted by Crippen LogP contribution is -2.32. The molecule has 1 heteroatoms. The minimum atomic E-state index is 0.880. The van der Waals surface area contributed by atoms with Gasteiger partial charge < -0.3 is 4.90 Å². The normalized spacial score (nSPS) is 30.0. The van der Waals surface area contributed by atoms with Gasteiger partial charge in [0.1, 0.15) is 0 Å². The molecule has 0 aromatic heterocycles. The first kappa shape index (κ1) is 11.0. The van der Waals surface area contributed by atoms with E-state index >= 15 is 0 Å². The van der Waals surface area contributed by atoms with E-state index in [1.54, 1.807) is 0 Å². The van der Waals surface area contributed by atoms with E-state index in [-0.39, 0.29) is 0 Å². The smallest absolute Gasteiger partial charge is 0.000631 e. The van der Waals surface area contributed by atoms with Crippen LogP contribution < -0.4 is 0 Å². The summed E-state index contributed by atoms with van der Waals surface area (Å²) in [7, 11) is 4.40. The molecule has 2 unspecified atom stereocenters. The Morgan fingerprint density at radius 2 is 1.77 bits per heavy atom. The van der Waals surface area contributed by atoms with Gasteiger partial charge in [0.25, 0.3) is 0 Å². The highest BCUT2D eigenvalue weighted by atomic mass is 15.1. The lowest BCUT2D eigenvalue weighted by atomic mass is 9.73. The lowest BCUT2D eigenvalue weighted by molar-refractivity contribution is 0.145.